The lowest BCUT2D eigenvalue weighted by Crippen LogP contribution is -2.43. The summed E-state index contributed by atoms with van der Waals surface area (Å²) in [6.45, 7) is 2.73. The average molecular weight is 457 g/mol. The van der Waals surface area contributed by atoms with Crippen LogP contribution >= 0.6 is 27.3 Å². The van der Waals surface area contributed by atoms with Gasteiger partial charge >= 0.3 is 0 Å². The number of hydrogen-bond acceptors (Lipinski definition) is 4. The monoisotopic (exact) mass is 456 g/mol. The van der Waals surface area contributed by atoms with Gasteiger partial charge in [-0.25, -0.2) is 8.42 Å². The molecule has 26 heavy (non-hydrogen) atoms. The van der Waals surface area contributed by atoms with Gasteiger partial charge in [-0.2, -0.15) is 4.31 Å². The molecule has 2 aromatic rings. The van der Waals surface area contributed by atoms with Gasteiger partial charge in [0.15, 0.2) is 0 Å². The van der Waals surface area contributed by atoms with E-state index in [1.165, 1.54) is 15.6 Å². The number of nitrogens with one attached hydrogen (secondary N) is 1. The first kappa shape index (κ1) is 19.5. The quantitative estimate of drug-likeness (QED) is 0.735. The van der Waals surface area contributed by atoms with Crippen LogP contribution in [0.4, 0.5) is 5.69 Å². The minimum absolute atomic E-state index is 0.120. The molecule has 0 bridgehead atoms. The Bertz CT molecular complexity index is 895. The first-order valence-corrected chi connectivity index (χ1v) is 11.6. The van der Waals surface area contributed by atoms with Crippen molar-refractivity contribution < 1.29 is 13.2 Å². The summed E-state index contributed by atoms with van der Waals surface area (Å²) in [6, 6.07) is 11.1. The topological polar surface area (TPSA) is 66.5 Å². The molecule has 0 saturated carbocycles. The molecule has 1 aliphatic heterocycles. The first-order chi connectivity index (χ1) is 12.4. The van der Waals surface area contributed by atoms with Crippen molar-refractivity contribution in [1.29, 1.82) is 0 Å². The molecule has 1 fully saturated rings. The molecule has 1 atom stereocenters. The largest absolute Gasteiger partial charge is 0.326 e. The van der Waals surface area contributed by atoms with E-state index in [2.05, 4.69) is 28.2 Å². The van der Waals surface area contributed by atoms with Crippen LogP contribution in [0.1, 0.15) is 25.3 Å². The fraction of sp³-hybridized carbons (Fsp3) is 0.389. The summed E-state index contributed by atoms with van der Waals surface area (Å²) in [7, 11) is -3.55. The predicted octanol–water partition coefficient (Wildman–Crippen LogP) is 4.11. The second-order valence-electron chi connectivity index (χ2n) is 6.30. The molecule has 0 radical (unpaired) electrons. The summed E-state index contributed by atoms with van der Waals surface area (Å²) in [5.74, 6) is -0.460. The van der Waals surface area contributed by atoms with E-state index >= 15 is 0 Å². The van der Waals surface area contributed by atoms with E-state index < -0.39 is 10.0 Å². The van der Waals surface area contributed by atoms with E-state index in [-0.39, 0.29) is 18.4 Å². The maximum absolute atomic E-state index is 12.8. The van der Waals surface area contributed by atoms with Crippen molar-refractivity contribution in [2.45, 2.75) is 30.4 Å². The van der Waals surface area contributed by atoms with Gasteiger partial charge in [0.1, 0.15) is 4.21 Å². The van der Waals surface area contributed by atoms with Crippen molar-refractivity contribution in [2.75, 3.05) is 18.4 Å². The van der Waals surface area contributed by atoms with Crippen LogP contribution in [-0.4, -0.2) is 31.7 Å². The van der Waals surface area contributed by atoms with Crippen molar-refractivity contribution in [1.82, 2.24) is 4.31 Å². The van der Waals surface area contributed by atoms with Crippen LogP contribution in [-0.2, 0) is 21.2 Å². The molecule has 1 N–H and O–H groups in total. The van der Waals surface area contributed by atoms with E-state index in [1.807, 2.05) is 24.3 Å². The number of nitrogens with zero attached hydrogens (tertiary/aromatic N) is 1. The number of amides is 1. The van der Waals surface area contributed by atoms with Crippen LogP contribution < -0.4 is 5.32 Å². The number of sulfonamides is 1. The number of piperidine rings is 1. The van der Waals surface area contributed by atoms with Crippen LogP contribution in [0, 0.1) is 5.92 Å². The van der Waals surface area contributed by atoms with Gasteiger partial charge in [0.2, 0.25) is 5.91 Å². The fourth-order valence-corrected chi connectivity index (χ4v) is 6.74. The summed E-state index contributed by atoms with van der Waals surface area (Å²) in [5, 5.41) is 2.94. The van der Waals surface area contributed by atoms with E-state index in [4.69, 9.17) is 0 Å². The Morgan fingerprint density at radius 1 is 1.35 bits per heavy atom. The van der Waals surface area contributed by atoms with E-state index in [0.29, 0.717) is 23.6 Å². The Kier molecular flexibility index (Phi) is 6.17. The summed E-state index contributed by atoms with van der Waals surface area (Å²) in [6.07, 6.45) is 2.27. The summed E-state index contributed by atoms with van der Waals surface area (Å²) in [4.78, 5) is 12.6. The highest BCUT2D eigenvalue weighted by Crippen LogP contribution is 2.31. The number of rotatable bonds is 5. The zero-order chi connectivity index (χ0) is 18.7. The van der Waals surface area contributed by atoms with Gasteiger partial charge in [-0.3, -0.25) is 4.79 Å². The third kappa shape index (κ3) is 4.36. The van der Waals surface area contributed by atoms with E-state index in [0.717, 1.165) is 21.5 Å². The molecule has 1 aliphatic rings. The lowest BCUT2D eigenvalue weighted by atomic mass is 9.98. The number of halogens is 1. The number of anilines is 1. The van der Waals surface area contributed by atoms with Gasteiger partial charge in [0, 0.05) is 18.8 Å². The van der Waals surface area contributed by atoms with Crippen LogP contribution in [0.3, 0.4) is 0 Å². The SMILES string of the molecule is CCc1cccc(NC(=O)[C@H]2CCCN(S(=O)(=O)c3ccc(Br)s3)C2)c1. The number of thiophene rings is 1. The highest BCUT2D eigenvalue weighted by Gasteiger charge is 2.34. The number of carbonyl (C=O) groups is 1. The Balaban J connectivity index is 1.70. The second-order valence-corrected chi connectivity index (χ2v) is 10.9. The standard InChI is InChI=1S/C18H21BrN2O3S2/c1-2-13-5-3-7-15(11-13)20-18(22)14-6-4-10-21(12-14)26(23,24)17-9-8-16(19)25-17/h3,5,7-9,11,14H,2,4,6,10,12H2,1H3,(H,20,22)/t14-/m0/s1. The Labute approximate surface area is 166 Å². The zero-order valence-electron chi connectivity index (χ0n) is 14.4. The van der Waals surface area contributed by atoms with Crippen LogP contribution in [0.5, 0.6) is 0 Å². The fourth-order valence-electron chi connectivity index (χ4n) is 3.05. The van der Waals surface area contributed by atoms with Crippen molar-refractivity contribution in [3.05, 3.63) is 45.7 Å². The zero-order valence-corrected chi connectivity index (χ0v) is 17.7. The lowest BCUT2D eigenvalue weighted by Gasteiger charge is -2.30. The summed E-state index contributed by atoms with van der Waals surface area (Å²) < 4.78 is 28.1. The van der Waals surface area contributed by atoms with E-state index in [9.17, 15) is 13.2 Å². The van der Waals surface area contributed by atoms with Gasteiger partial charge in [-0.15, -0.1) is 11.3 Å². The van der Waals surface area contributed by atoms with Gasteiger partial charge in [0.05, 0.1) is 9.70 Å². The van der Waals surface area contributed by atoms with Gasteiger partial charge in [0.25, 0.3) is 10.0 Å². The number of aryl methyl sites for hydroxylation is 1. The molecule has 8 heteroatoms. The van der Waals surface area contributed by atoms with Crippen LogP contribution in [0.15, 0.2) is 44.4 Å². The molecule has 1 saturated heterocycles. The van der Waals surface area contributed by atoms with E-state index in [1.54, 1.807) is 12.1 Å². The minimum Gasteiger partial charge on any atom is -0.326 e. The molecule has 0 spiro atoms. The number of carbonyl (C=O) groups excluding carboxylic acids is 1. The molecule has 1 aromatic heterocycles. The molecule has 2 heterocycles. The Morgan fingerprint density at radius 2 is 2.15 bits per heavy atom. The van der Waals surface area contributed by atoms with Crippen molar-refractivity contribution in [3.8, 4) is 0 Å². The molecular weight excluding hydrogens is 436 g/mol. The van der Waals surface area contributed by atoms with Crippen molar-refractivity contribution in [2.24, 2.45) is 5.92 Å². The van der Waals surface area contributed by atoms with Crippen LogP contribution in [0.25, 0.3) is 0 Å². The second kappa shape index (κ2) is 8.21. The maximum atomic E-state index is 12.8. The lowest BCUT2D eigenvalue weighted by molar-refractivity contribution is -0.120. The molecule has 140 valence electrons. The molecule has 1 aromatic carbocycles. The summed E-state index contributed by atoms with van der Waals surface area (Å²) >= 11 is 4.50. The molecule has 5 nitrogen and oxygen atoms in total. The minimum atomic E-state index is -3.55. The Morgan fingerprint density at radius 3 is 2.85 bits per heavy atom. The smallest absolute Gasteiger partial charge is 0.252 e. The van der Waals surface area contributed by atoms with Gasteiger partial charge in [-0.05, 0) is 65.0 Å². The van der Waals surface area contributed by atoms with Crippen LogP contribution in [0.2, 0.25) is 0 Å². The van der Waals surface area contributed by atoms with Crippen molar-refractivity contribution in [3.63, 3.8) is 0 Å². The number of benzene rings is 1. The first-order valence-electron chi connectivity index (χ1n) is 8.55. The van der Waals surface area contributed by atoms with Gasteiger partial charge in [-0.1, -0.05) is 19.1 Å². The van der Waals surface area contributed by atoms with Crippen molar-refractivity contribution >= 4 is 48.9 Å². The molecule has 0 unspecified atom stereocenters. The average Bonchev–Trinajstić information content (AvgIpc) is 3.09. The third-order valence-electron chi connectivity index (χ3n) is 4.50. The predicted molar refractivity (Wildman–Crippen MR) is 108 cm³/mol. The van der Waals surface area contributed by atoms with Gasteiger partial charge < -0.3 is 5.32 Å². The third-order valence-corrected chi connectivity index (χ3v) is 8.46. The molecule has 3 rings (SSSR count). The normalized spacial score (nSPS) is 18.6. The molecule has 0 aliphatic carbocycles. The Hall–Kier alpha value is -1.22. The summed E-state index contributed by atoms with van der Waals surface area (Å²) in [5.41, 5.74) is 1.91. The maximum Gasteiger partial charge on any atom is 0.252 e. The number of hydrogen-bond donors (Lipinski definition) is 1. The molecule has 1 amide bonds. The molecular formula is C18H21BrN2O3S2. The highest BCUT2D eigenvalue weighted by molar-refractivity contribution is 9.11. The highest BCUT2D eigenvalue weighted by atomic mass is 79.9.